The maximum absolute atomic E-state index is 5.06. The van der Waals surface area contributed by atoms with Crippen LogP contribution >= 0.6 is 0 Å². The maximum Gasteiger partial charge on any atom is 0.147 e. The second-order valence-electron chi connectivity index (χ2n) is 14.5. The van der Waals surface area contributed by atoms with Crippen LogP contribution in [-0.4, -0.2) is 14.4 Å². The van der Waals surface area contributed by atoms with Crippen LogP contribution in [0.25, 0.3) is 110 Å². The van der Waals surface area contributed by atoms with E-state index in [1.165, 1.54) is 60.1 Å². The van der Waals surface area contributed by atoms with Crippen LogP contribution in [0, 0.1) is 0 Å². The van der Waals surface area contributed by atoms with Crippen molar-refractivity contribution in [1.29, 1.82) is 0 Å². The van der Waals surface area contributed by atoms with Gasteiger partial charge in [-0.3, -0.25) is 9.38 Å². The number of pyridine rings is 2. The zero-order chi connectivity index (χ0) is 37.2. The van der Waals surface area contributed by atoms with Crippen LogP contribution in [0.2, 0.25) is 0 Å². The third kappa shape index (κ3) is 5.05. The minimum Gasteiger partial charge on any atom is -0.292 e. The lowest BCUT2D eigenvalue weighted by Gasteiger charge is -2.19. The summed E-state index contributed by atoms with van der Waals surface area (Å²) in [6.07, 6.45) is 10.3. The van der Waals surface area contributed by atoms with Crippen LogP contribution in [0.5, 0.6) is 0 Å². The van der Waals surface area contributed by atoms with Crippen molar-refractivity contribution in [1.82, 2.24) is 14.4 Å². The molecule has 3 aromatic heterocycles. The van der Waals surface area contributed by atoms with Gasteiger partial charge in [-0.15, -0.1) is 0 Å². The number of aromatic nitrogens is 3. The van der Waals surface area contributed by atoms with E-state index in [2.05, 4.69) is 186 Å². The minimum atomic E-state index is 0.932. The molecule has 262 valence electrons. The van der Waals surface area contributed by atoms with Gasteiger partial charge in [0.05, 0.1) is 22.1 Å². The largest absolute Gasteiger partial charge is 0.292 e. The molecule has 0 N–H and O–H groups in total. The van der Waals surface area contributed by atoms with Gasteiger partial charge < -0.3 is 0 Å². The zero-order valence-electron chi connectivity index (χ0n) is 30.8. The molecule has 0 fully saturated rings. The second kappa shape index (κ2) is 12.9. The number of fused-ring (bicyclic) bond motifs is 11. The first-order valence-corrected chi connectivity index (χ1v) is 19.2. The van der Waals surface area contributed by atoms with Gasteiger partial charge >= 0.3 is 0 Å². The fraction of sp³-hybridized carbons (Fsp3) is 0.0189. The molecular formula is C53H35N3. The van der Waals surface area contributed by atoms with Crippen molar-refractivity contribution in [2.75, 3.05) is 0 Å². The van der Waals surface area contributed by atoms with E-state index in [1.807, 2.05) is 19.2 Å². The molecule has 0 aliphatic heterocycles. The Morgan fingerprint density at radius 2 is 1.16 bits per heavy atom. The first-order chi connectivity index (χ1) is 27.7. The molecule has 0 radical (unpaired) electrons. The number of allylic oxidation sites excluding steroid dienone is 3. The van der Waals surface area contributed by atoms with Crippen molar-refractivity contribution < 1.29 is 0 Å². The first kappa shape index (κ1) is 32.1. The molecule has 3 heteroatoms. The minimum absolute atomic E-state index is 0.932. The van der Waals surface area contributed by atoms with Gasteiger partial charge in [0, 0.05) is 17.0 Å². The molecule has 56 heavy (non-hydrogen) atoms. The third-order valence-electron chi connectivity index (χ3n) is 11.3. The van der Waals surface area contributed by atoms with Crippen molar-refractivity contribution >= 4 is 76.9 Å². The molecule has 0 spiro atoms. The Bertz CT molecular complexity index is 3440. The molecule has 0 aliphatic rings. The van der Waals surface area contributed by atoms with Crippen molar-refractivity contribution in [2.24, 2.45) is 0 Å². The van der Waals surface area contributed by atoms with E-state index in [4.69, 9.17) is 9.97 Å². The standard InChI is InChI=1S/C53H35N3/c1-2-3-4-13-34-14-11-17-39(30-34)50-41-18-7-8-19-42(41)51(40-24-23-35-15-5-6-16-36(35)31-40)45-32-37(25-27-43(45)50)38-26-28-48-46(33-38)52-44(20-12-29-54-52)53-55-47-21-9-10-22-49(47)56(48)53/h2-33H,1H3/b3-2-,13-4-. The average molecular weight is 714 g/mol. The van der Waals surface area contributed by atoms with E-state index in [9.17, 15) is 0 Å². The lowest BCUT2D eigenvalue weighted by molar-refractivity contribution is 1.30. The summed E-state index contributed by atoms with van der Waals surface area (Å²) in [4.78, 5) is 10.0. The number of rotatable bonds is 5. The summed E-state index contributed by atoms with van der Waals surface area (Å²) >= 11 is 0. The molecule has 0 amide bonds. The normalized spacial score (nSPS) is 12.2. The molecule has 11 aromatic rings. The van der Waals surface area contributed by atoms with Crippen LogP contribution in [0.15, 0.2) is 188 Å². The SMILES string of the molecule is C/C=C\C=C/c1cccc(-c2c3ccccc3c(-c3ccc4ccccc4c3)c3cc(-c4ccc5c(c4)c4ncccc4c4nc6ccccc6n54)ccc23)c1. The molecule has 0 saturated heterocycles. The van der Waals surface area contributed by atoms with E-state index in [0.717, 1.165) is 49.6 Å². The molecule has 8 aromatic carbocycles. The van der Waals surface area contributed by atoms with Gasteiger partial charge in [-0.2, -0.15) is 0 Å². The van der Waals surface area contributed by atoms with Crippen molar-refractivity contribution in [3.05, 3.63) is 194 Å². The monoisotopic (exact) mass is 713 g/mol. The molecule has 0 unspecified atom stereocenters. The van der Waals surface area contributed by atoms with Gasteiger partial charge in [0.2, 0.25) is 0 Å². The Kier molecular flexibility index (Phi) is 7.39. The Morgan fingerprint density at radius 1 is 0.464 bits per heavy atom. The zero-order valence-corrected chi connectivity index (χ0v) is 30.8. The number of para-hydroxylation sites is 2. The van der Waals surface area contributed by atoms with Gasteiger partial charge in [-0.05, 0) is 133 Å². The lowest BCUT2D eigenvalue weighted by Crippen LogP contribution is -1.94. The Balaban J connectivity index is 1.21. The fourth-order valence-corrected chi connectivity index (χ4v) is 8.75. The highest BCUT2D eigenvalue weighted by molar-refractivity contribution is 6.22. The average Bonchev–Trinajstić information content (AvgIpc) is 3.65. The quantitative estimate of drug-likeness (QED) is 0.101. The predicted octanol–water partition coefficient (Wildman–Crippen LogP) is 14.2. The molecule has 11 rings (SSSR count). The van der Waals surface area contributed by atoms with Gasteiger partial charge in [0.15, 0.2) is 0 Å². The molecule has 0 atom stereocenters. The summed E-state index contributed by atoms with van der Waals surface area (Å²) in [7, 11) is 0. The van der Waals surface area contributed by atoms with Gasteiger partial charge in [-0.25, -0.2) is 4.98 Å². The highest BCUT2D eigenvalue weighted by Gasteiger charge is 2.19. The van der Waals surface area contributed by atoms with E-state index in [-0.39, 0.29) is 0 Å². The van der Waals surface area contributed by atoms with Crippen LogP contribution in [0.4, 0.5) is 0 Å². The summed E-state index contributed by atoms with van der Waals surface area (Å²) < 4.78 is 2.29. The van der Waals surface area contributed by atoms with Gasteiger partial charge in [0.1, 0.15) is 5.65 Å². The summed E-state index contributed by atoms with van der Waals surface area (Å²) in [6, 6.07) is 59.7. The fourth-order valence-electron chi connectivity index (χ4n) is 8.75. The van der Waals surface area contributed by atoms with Crippen LogP contribution in [0.1, 0.15) is 12.5 Å². The van der Waals surface area contributed by atoms with Crippen LogP contribution < -0.4 is 0 Å². The van der Waals surface area contributed by atoms with Gasteiger partial charge in [-0.1, -0.05) is 133 Å². The van der Waals surface area contributed by atoms with E-state index >= 15 is 0 Å². The van der Waals surface area contributed by atoms with Crippen LogP contribution in [-0.2, 0) is 0 Å². The molecule has 0 saturated carbocycles. The van der Waals surface area contributed by atoms with E-state index in [1.54, 1.807) is 0 Å². The molecule has 3 nitrogen and oxygen atoms in total. The van der Waals surface area contributed by atoms with Crippen molar-refractivity contribution in [3.8, 4) is 33.4 Å². The predicted molar refractivity (Wildman–Crippen MR) is 238 cm³/mol. The summed E-state index contributed by atoms with van der Waals surface area (Å²) in [5.41, 5.74) is 13.4. The highest BCUT2D eigenvalue weighted by Crippen LogP contribution is 2.46. The molecule has 0 aliphatic carbocycles. The highest BCUT2D eigenvalue weighted by atomic mass is 15.0. The lowest BCUT2D eigenvalue weighted by atomic mass is 9.84. The van der Waals surface area contributed by atoms with Crippen molar-refractivity contribution in [3.63, 3.8) is 0 Å². The second-order valence-corrected chi connectivity index (χ2v) is 14.5. The third-order valence-corrected chi connectivity index (χ3v) is 11.3. The molecular weight excluding hydrogens is 679 g/mol. The van der Waals surface area contributed by atoms with E-state index in [0.29, 0.717) is 0 Å². The number of imidazole rings is 1. The van der Waals surface area contributed by atoms with Crippen LogP contribution in [0.3, 0.4) is 0 Å². The number of benzene rings is 8. The molecule has 0 bridgehead atoms. The first-order valence-electron chi connectivity index (χ1n) is 19.2. The Labute approximate surface area is 324 Å². The van der Waals surface area contributed by atoms with Crippen molar-refractivity contribution in [2.45, 2.75) is 6.92 Å². The number of nitrogens with zero attached hydrogens (tertiary/aromatic N) is 3. The smallest absolute Gasteiger partial charge is 0.147 e. The van der Waals surface area contributed by atoms with Gasteiger partial charge in [0.25, 0.3) is 0 Å². The summed E-state index contributed by atoms with van der Waals surface area (Å²) in [5.74, 6) is 0. The molecule has 3 heterocycles. The number of hydrogen-bond donors (Lipinski definition) is 0. The summed E-state index contributed by atoms with van der Waals surface area (Å²) in [5, 5.41) is 9.54. The summed E-state index contributed by atoms with van der Waals surface area (Å²) in [6.45, 7) is 2.04. The topological polar surface area (TPSA) is 30.2 Å². The van der Waals surface area contributed by atoms with E-state index < -0.39 is 0 Å². The Hall–Kier alpha value is -7.36. The number of hydrogen-bond acceptors (Lipinski definition) is 2. The Morgan fingerprint density at radius 3 is 2.04 bits per heavy atom. The maximum atomic E-state index is 5.06.